The van der Waals surface area contributed by atoms with Gasteiger partial charge < -0.3 is 4.57 Å². The fourth-order valence-corrected chi connectivity index (χ4v) is 3.02. The third-order valence-corrected chi connectivity index (χ3v) is 4.24. The van der Waals surface area contributed by atoms with Gasteiger partial charge in [-0.2, -0.15) is 5.10 Å². The van der Waals surface area contributed by atoms with E-state index in [1.54, 1.807) is 0 Å². The number of nitrogens with zero attached hydrogens (tertiary/aromatic N) is 3. The summed E-state index contributed by atoms with van der Waals surface area (Å²) >= 11 is 0. The molecule has 1 aromatic heterocycles. The summed E-state index contributed by atoms with van der Waals surface area (Å²) in [6.07, 6.45) is 4.05. The van der Waals surface area contributed by atoms with Crippen LogP contribution in [0, 0.1) is 0 Å². The highest BCUT2D eigenvalue weighted by Gasteiger charge is 2.08. The smallest absolute Gasteiger partial charge is 0.0652 e. The van der Waals surface area contributed by atoms with E-state index < -0.39 is 0 Å². The average Bonchev–Trinajstić information content (AvgIpc) is 3.00. The van der Waals surface area contributed by atoms with Gasteiger partial charge in [0.05, 0.1) is 17.6 Å². The van der Waals surface area contributed by atoms with Crippen molar-refractivity contribution in [3.05, 3.63) is 96.7 Å². The molecule has 0 amide bonds. The van der Waals surface area contributed by atoms with Crippen molar-refractivity contribution in [1.82, 2.24) is 4.57 Å². The van der Waals surface area contributed by atoms with E-state index in [0.717, 1.165) is 16.9 Å². The lowest BCUT2D eigenvalue weighted by molar-refractivity contribution is 0.968. The zero-order chi connectivity index (χ0) is 17.1. The number of hydrogen-bond donors (Lipinski definition) is 0. The van der Waals surface area contributed by atoms with E-state index in [-0.39, 0.29) is 0 Å². The molecular formula is C22H19N3. The minimum absolute atomic E-state index is 1.03. The van der Waals surface area contributed by atoms with Crippen LogP contribution < -0.4 is 5.01 Å². The number of benzene rings is 3. The molecule has 1 heterocycles. The first-order valence-electron chi connectivity index (χ1n) is 8.31. The second-order valence-electron chi connectivity index (χ2n) is 5.94. The van der Waals surface area contributed by atoms with Gasteiger partial charge in [0.15, 0.2) is 0 Å². The van der Waals surface area contributed by atoms with Gasteiger partial charge in [-0.05, 0) is 30.3 Å². The monoisotopic (exact) mass is 325 g/mol. The minimum atomic E-state index is 1.03. The maximum Gasteiger partial charge on any atom is 0.0652 e. The van der Waals surface area contributed by atoms with Crippen LogP contribution in [-0.2, 0) is 7.05 Å². The van der Waals surface area contributed by atoms with Crippen molar-refractivity contribution in [3.63, 3.8) is 0 Å². The Labute approximate surface area is 147 Å². The Hall–Kier alpha value is -3.33. The molecule has 0 aliphatic carbocycles. The molecule has 3 aromatic carbocycles. The van der Waals surface area contributed by atoms with Crippen molar-refractivity contribution in [2.45, 2.75) is 0 Å². The lowest BCUT2D eigenvalue weighted by atomic mass is 10.2. The van der Waals surface area contributed by atoms with Crippen LogP contribution in [0.2, 0.25) is 0 Å². The summed E-state index contributed by atoms with van der Waals surface area (Å²) in [6, 6.07) is 28.8. The van der Waals surface area contributed by atoms with E-state index in [1.165, 1.54) is 10.9 Å². The summed E-state index contributed by atoms with van der Waals surface area (Å²) in [6.45, 7) is 0. The van der Waals surface area contributed by atoms with Crippen LogP contribution in [0.15, 0.2) is 96.2 Å². The topological polar surface area (TPSA) is 20.5 Å². The predicted molar refractivity (Wildman–Crippen MR) is 106 cm³/mol. The number of hydrogen-bond acceptors (Lipinski definition) is 2. The Morgan fingerprint density at radius 1 is 0.760 bits per heavy atom. The molecule has 3 heteroatoms. The Morgan fingerprint density at radius 2 is 1.32 bits per heavy atom. The SMILES string of the molecule is Cn1cc(/C=N\N(c2ccccc2)c2ccccc2)c2ccccc21. The van der Waals surface area contributed by atoms with Crippen LogP contribution >= 0.6 is 0 Å². The summed E-state index contributed by atoms with van der Waals surface area (Å²) in [7, 11) is 2.06. The van der Waals surface area contributed by atoms with Crippen LogP contribution in [0.1, 0.15) is 5.56 Å². The molecule has 122 valence electrons. The number of fused-ring (bicyclic) bond motifs is 1. The lowest BCUT2D eigenvalue weighted by Crippen LogP contribution is -2.09. The summed E-state index contributed by atoms with van der Waals surface area (Å²) in [5, 5.41) is 7.96. The van der Waals surface area contributed by atoms with Crippen molar-refractivity contribution >= 4 is 28.5 Å². The van der Waals surface area contributed by atoms with Crippen molar-refractivity contribution in [2.75, 3.05) is 5.01 Å². The van der Waals surface area contributed by atoms with Gasteiger partial charge in [-0.25, -0.2) is 5.01 Å². The maximum absolute atomic E-state index is 4.79. The van der Waals surface area contributed by atoms with Crippen molar-refractivity contribution in [2.24, 2.45) is 12.1 Å². The fraction of sp³-hybridized carbons (Fsp3) is 0.0455. The van der Waals surface area contributed by atoms with Crippen molar-refractivity contribution < 1.29 is 0 Å². The van der Waals surface area contributed by atoms with Gasteiger partial charge in [0.2, 0.25) is 0 Å². The molecule has 3 nitrogen and oxygen atoms in total. The number of aromatic nitrogens is 1. The summed E-state index contributed by atoms with van der Waals surface area (Å²) in [4.78, 5) is 0. The van der Waals surface area contributed by atoms with Gasteiger partial charge >= 0.3 is 0 Å². The van der Waals surface area contributed by atoms with Crippen LogP contribution in [0.4, 0.5) is 11.4 Å². The highest BCUT2D eigenvalue weighted by molar-refractivity contribution is 5.99. The number of anilines is 2. The molecule has 0 saturated heterocycles. The molecule has 0 atom stereocenters. The maximum atomic E-state index is 4.79. The first-order valence-corrected chi connectivity index (χ1v) is 8.31. The number of aryl methyl sites for hydroxylation is 1. The zero-order valence-corrected chi connectivity index (χ0v) is 14.1. The molecule has 0 bridgehead atoms. The zero-order valence-electron chi connectivity index (χ0n) is 14.1. The number of rotatable bonds is 4. The molecule has 0 fully saturated rings. The normalized spacial score (nSPS) is 11.2. The molecule has 0 N–H and O–H groups in total. The first kappa shape index (κ1) is 15.2. The summed E-state index contributed by atoms with van der Waals surface area (Å²) in [5.74, 6) is 0. The van der Waals surface area contributed by atoms with E-state index in [2.05, 4.69) is 66.3 Å². The number of para-hydroxylation sites is 3. The van der Waals surface area contributed by atoms with E-state index in [4.69, 9.17) is 5.10 Å². The number of hydrazone groups is 1. The second kappa shape index (κ2) is 6.65. The minimum Gasteiger partial charge on any atom is -0.350 e. The van der Waals surface area contributed by atoms with E-state index >= 15 is 0 Å². The van der Waals surface area contributed by atoms with Gasteiger partial charge in [-0.15, -0.1) is 0 Å². The van der Waals surface area contributed by atoms with E-state index in [9.17, 15) is 0 Å². The Kier molecular flexibility index (Phi) is 4.05. The van der Waals surface area contributed by atoms with Gasteiger partial charge in [-0.1, -0.05) is 54.6 Å². The van der Waals surface area contributed by atoms with Crippen molar-refractivity contribution in [1.29, 1.82) is 0 Å². The standard InChI is InChI=1S/C22H19N3/c1-24-17-18(21-14-8-9-15-22(21)24)16-23-25(19-10-4-2-5-11-19)20-12-6-3-7-13-20/h2-17H,1H3/b23-16-. The van der Waals surface area contributed by atoms with E-state index in [0.29, 0.717) is 0 Å². The molecule has 0 aliphatic rings. The van der Waals surface area contributed by atoms with Crippen LogP contribution in [0.5, 0.6) is 0 Å². The Bertz CT molecular complexity index is 962. The third kappa shape index (κ3) is 3.04. The van der Waals surface area contributed by atoms with Crippen LogP contribution in [-0.4, -0.2) is 10.8 Å². The average molecular weight is 325 g/mol. The highest BCUT2D eigenvalue weighted by Crippen LogP contribution is 2.26. The molecule has 0 spiro atoms. The molecule has 0 aliphatic heterocycles. The molecular weight excluding hydrogens is 306 g/mol. The largest absolute Gasteiger partial charge is 0.350 e. The molecule has 25 heavy (non-hydrogen) atoms. The van der Waals surface area contributed by atoms with Gasteiger partial charge in [0.25, 0.3) is 0 Å². The van der Waals surface area contributed by atoms with Gasteiger partial charge in [0, 0.05) is 29.7 Å². The first-order chi connectivity index (χ1) is 12.3. The summed E-state index contributed by atoms with van der Waals surface area (Å²) < 4.78 is 2.13. The van der Waals surface area contributed by atoms with E-state index in [1.807, 2.05) is 47.6 Å². The van der Waals surface area contributed by atoms with Crippen LogP contribution in [0.25, 0.3) is 10.9 Å². The van der Waals surface area contributed by atoms with Gasteiger partial charge in [-0.3, -0.25) is 0 Å². The summed E-state index contributed by atoms with van der Waals surface area (Å²) in [5.41, 5.74) is 4.38. The van der Waals surface area contributed by atoms with Crippen molar-refractivity contribution in [3.8, 4) is 0 Å². The molecule has 0 saturated carbocycles. The molecule has 0 radical (unpaired) electrons. The third-order valence-electron chi connectivity index (χ3n) is 4.24. The lowest BCUT2D eigenvalue weighted by Gasteiger charge is -2.19. The quantitative estimate of drug-likeness (QED) is 0.366. The molecule has 4 rings (SSSR count). The fourth-order valence-electron chi connectivity index (χ4n) is 3.02. The van der Waals surface area contributed by atoms with Gasteiger partial charge in [0.1, 0.15) is 0 Å². The Balaban J connectivity index is 1.77. The predicted octanol–water partition coefficient (Wildman–Crippen LogP) is 5.35. The Morgan fingerprint density at radius 3 is 1.96 bits per heavy atom. The second-order valence-corrected chi connectivity index (χ2v) is 5.94. The highest BCUT2D eigenvalue weighted by atomic mass is 15.5. The van der Waals surface area contributed by atoms with Crippen LogP contribution in [0.3, 0.4) is 0 Å². The molecule has 4 aromatic rings. The molecule has 0 unspecified atom stereocenters.